The molecule has 1 aromatic carbocycles. The number of rotatable bonds is 7. The molecule has 0 fully saturated rings. The van der Waals surface area contributed by atoms with Crippen LogP contribution in [0.25, 0.3) is 0 Å². The van der Waals surface area contributed by atoms with Crippen molar-refractivity contribution in [3.63, 3.8) is 0 Å². The molecule has 1 amide bonds. The van der Waals surface area contributed by atoms with E-state index < -0.39 is 11.4 Å². The molecule has 0 aliphatic heterocycles. The van der Waals surface area contributed by atoms with Gasteiger partial charge in [0.2, 0.25) is 0 Å². The topological polar surface area (TPSA) is 66.4 Å². The average molecular weight is 327 g/mol. The van der Waals surface area contributed by atoms with Crippen LogP contribution in [-0.4, -0.2) is 23.5 Å². The highest BCUT2D eigenvalue weighted by atomic mass is 32.2. The molecular weight excluding hydrogens is 305 g/mol. The Morgan fingerprint density at radius 1 is 1.18 bits per heavy atom. The van der Waals surface area contributed by atoms with Crippen molar-refractivity contribution in [1.29, 1.82) is 0 Å². The van der Waals surface area contributed by atoms with Gasteiger partial charge in [-0.2, -0.15) is 3.89 Å². The second kappa shape index (κ2) is 7.13. The number of hydrogen-bond donors (Lipinski definition) is 2. The predicted octanol–water partition coefficient (Wildman–Crippen LogP) is 3.92. The number of amides is 1. The zero-order chi connectivity index (χ0) is 17.0. The Morgan fingerprint density at radius 2 is 1.73 bits per heavy atom. The van der Waals surface area contributed by atoms with E-state index in [0.717, 1.165) is 0 Å². The van der Waals surface area contributed by atoms with Gasteiger partial charge in [0.25, 0.3) is 5.91 Å². The standard InChI is InChI=1S/C16H22FNO3S/c1-15(2,9-16(3,4)14(20)21)10-18-13(19)11-5-7-12(22-17)8-6-11/h5-8H,9-10H2,1-4H3,(H,18,19)(H,20,21). The summed E-state index contributed by atoms with van der Waals surface area (Å²) in [4.78, 5) is 23.7. The maximum atomic E-state index is 12.4. The molecule has 0 atom stereocenters. The van der Waals surface area contributed by atoms with E-state index in [4.69, 9.17) is 0 Å². The number of nitrogens with one attached hydrogen (secondary N) is 1. The Bertz CT molecular complexity index is 541. The predicted molar refractivity (Wildman–Crippen MR) is 85.6 cm³/mol. The molecule has 4 nitrogen and oxygen atoms in total. The first-order valence-corrected chi connectivity index (χ1v) is 7.69. The fourth-order valence-electron chi connectivity index (χ4n) is 2.41. The van der Waals surface area contributed by atoms with Gasteiger partial charge in [-0.25, -0.2) is 0 Å². The minimum atomic E-state index is -0.855. The van der Waals surface area contributed by atoms with E-state index in [1.54, 1.807) is 26.0 Å². The summed E-state index contributed by atoms with van der Waals surface area (Å²) in [6, 6.07) is 6.20. The minimum Gasteiger partial charge on any atom is -0.481 e. The third-order valence-corrected chi connectivity index (χ3v) is 3.88. The van der Waals surface area contributed by atoms with Crippen LogP contribution in [0.2, 0.25) is 0 Å². The lowest BCUT2D eigenvalue weighted by molar-refractivity contribution is -0.148. The Balaban J connectivity index is 2.63. The number of carbonyl (C=O) groups is 2. The molecule has 0 bridgehead atoms. The van der Waals surface area contributed by atoms with E-state index in [9.17, 15) is 18.6 Å². The van der Waals surface area contributed by atoms with Crippen molar-refractivity contribution in [2.24, 2.45) is 10.8 Å². The summed E-state index contributed by atoms with van der Waals surface area (Å²) in [5.41, 5.74) is -0.758. The Hall–Kier alpha value is -1.56. The van der Waals surface area contributed by atoms with Crippen LogP contribution >= 0.6 is 12.1 Å². The lowest BCUT2D eigenvalue weighted by Gasteiger charge is -2.32. The molecular formula is C16H22FNO3S. The summed E-state index contributed by atoms with van der Waals surface area (Å²) in [6.45, 7) is 7.54. The molecule has 0 radical (unpaired) electrons. The Labute approximate surface area is 134 Å². The quantitative estimate of drug-likeness (QED) is 0.796. The van der Waals surface area contributed by atoms with Gasteiger partial charge in [-0.15, -0.1) is 0 Å². The second-order valence-corrected chi connectivity index (χ2v) is 7.44. The molecule has 1 aromatic rings. The van der Waals surface area contributed by atoms with E-state index in [0.29, 0.717) is 23.4 Å². The third kappa shape index (κ3) is 5.33. The van der Waals surface area contributed by atoms with Gasteiger partial charge in [0.15, 0.2) is 0 Å². The fraction of sp³-hybridized carbons (Fsp3) is 0.500. The SMILES string of the molecule is CC(C)(CNC(=O)c1ccc(SF)cc1)CC(C)(C)C(=O)O. The van der Waals surface area contributed by atoms with Crippen molar-refractivity contribution in [2.75, 3.05) is 6.54 Å². The highest BCUT2D eigenvalue weighted by Crippen LogP contribution is 2.33. The maximum absolute atomic E-state index is 12.4. The largest absolute Gasteiger partial charge is 0.481 e. The molecule has 0 unspecified atom stereocenters. The van der Waals surface area contributed by atoms with Crippen LogP contribution in [0.5, 0.6) is 0 Å². The summed E-state index contributed by atoms with van der Waals surface area (Å²) < 4.78 is 12.4. The number of carboxylic acids is 1. The van der Waals surface area contributed by atoms with E-state index in [1.807, 2.05) is 13.8 Å². The van der Waals surface area contributed by atoms with Crippen molar-refractivity contribution < 1.29 is 18.6 Å². The Kier molecular flexibility index (Phi) is 6.00. The number of hydrogen-bond acceptors (Lipinski definition) is 3. The number of carboxylic acid groups (broad SMARTS) is 1. The van der Waals surface area contributed by atoms with E-state index in [2.05, 4.69) is 5.32 Å². The van der Waals surface area contributed by atoms with Crippen molar-refractivity contribution >= 4 is 24.0 Å². The number of halogens is 1. The monoisotopic (exact) mass is 327 g/mol. The molecule has 0 heterocycles. The van der Waals surface area contributed by atoms with Crippen LogP contribution in [0.4, 0.5) is 3.89 Å². The van der Waals surface area contributed by atoms with Gasteiger partial charge < -0.3 is 10.4 Å². The van der Waals surface area contributed by atoms with Crippen molar-refractivity contribution in [1.82, 2.24) is 5.32 Å². The number of aliphatic carboxylic acids is 1. The van der Waals surface area contributed by atoms with Crippen molar-refractivity contribution in [3.8, 4) is 0 Å². The molecule has 22 heavy (non-hydrogen) atoms. The first-order valence-electron chi connectivity index (χ1n) is 6.98. The summed E-state index contributed by atoms with van der Waals surface area (Å²) in [6.07, 6.45) is 0.438. The summed E-state index contributed by atoms with van der Waals surface area (Å²) in [5, 5.41) is 12.0. The van der Waals surface area contributed by atoms with Crippen LogP contribution in [-0.2, 0) is 4.79 Å². The van der Waals surface area contributed by atoms with Gasteiger partial charge >= 0.3 is 5.97 Å². The smallest absolute Gasteiger partial charge is 0.309 e. The molecule has 2 N–H and O–H groups in total. The highest BCUT2D eigenvalue weighted by molar-refractivity contribution is 7.94. The van der Waals surface area contributed by atoms with Crippen LogP contribution < -0.4 is 5.32 Å². The van der Waals surface area contributed by atoms with Gasteiger partial charge in [-0.1, -0.05) is 13.8 Å². The van der Waals surface area contributed by atoms with Gasteiger partial charge in [0.05, 0.1) is 17.6 Å². The zero-order valence-corrected chi connectivity index (χ0v) is 14.1. The average Bonchev–Trinajstić information content (AvgIpc) is 2.43. The summed E-state index contributed by atoms with van der Waals surface area (Å²) in [5.74, 6) is -1.11. The molecule has 0 saturated carbocycles. The van der Waals surface area contributed by atoms with Gasteiger partial charge in [-0.3, -0.25) is 9.59 Å². The Morgan fingerprint density at radius 3 is 2.18 bits per heavy atom. The zero-order valence-electron chi connectivity index (χ0n) is 13.3. The molecule has 0 aliphatic carbocycles. The van der Waals surface area contributed by atoms with E-state index in [1.165, 1.54) is 12.1 Å². The fourth-order valence-corrected chi connectivity index (χ4v) is 2.65. The summed E-state index contributed by atoms with van der Waals surface area (Å²) in [7, 11) is 0. The van der Waals surface area contributed by atoms with Crippen LogP contribution in [0.3, 0.4) is 0 Å². The van der Waals surface area contributed by atoms with E-state index >= 15 is 0 Å². The van der Waals surface area contributed by atoms with Crippen LogP contribution in [0.1, 0.15) is 44.5 Å². The third-order valence-electron chi connectivity index (χ3n) is 3.43. The van der Waals surface area contributed by atoms with Crippen molar-refractivity contribution in [3.05, 3.63) is 29.8 Å². The van der Waals surface area contributed by atoms with Crippen LogP contribution in [0.15, 0.2) is 29.2 Å². The van der Waals surface area contributed by atoms with Crippen molar-refractivity contribution in [2.45, 2.75) is 39.0 Å². The molecule has 1 rings (SSSR count). The number of benzene rings is 1. The highest BCUT2D eigenvalue weighted by Gasteiger charge is 2.34. The molecule has 0 saturated heterocycles. The van der Waals surface area contributed by atoms with E-state index in [-0.39, 0.29) is 23.5 Å². The van der Waals surface area contributed by atoms with Gasteiger partial charge in [-0.05, 0) is 49.9 Å². The first-order chi connectivity index (χ1) is 10.1. The minimum absolute atomic E-state index is 0.129. The second-order valence-electron chi connectivity index (χ2n) is 6.81. The lowest BCUT2D eigenvalue weighted by atomic mass is 9.75. The first kappa shape index (κ1) is 18.5. The lowest BCUT2D eigenvalue weighted by Crippen LogP contribution is -2.38. The molecule has 6 heteroatoms. The number of carbonyl (C=O) groups excluding carboxylic acids is 1. The summed E-state index contributed by atoms with van der Waals surface area (Å²) >= 11 is 0.129. The normalized spacial score (nSPS) is 12.0. The van der Waals surface area contributed by atoms with Gasteiger partial charge in [0.1, 0.15) is 0 Å². The molecule has 0 aromatic heterocycles. The molecule has 122 valence electrons. The van der Waals surface area contributed by atoms with Crippen LogP contribution in [0, 0.1) is 10.8 Å². The molecule has 0 aliphatic rings. The molecule has 0 spiro atoms. The maximum Gasteiger partial charge on any atom is 0.309 e. The van der Waals surface area contributed by atoms with Gasteiger partial charge in [0, 0.05) is 17.0 Å².